The maximum Gasteiger partial charge on any atom is 0.251 e. The third kappa shape index (κ3) is 6.33. The topological polar surface area (TPSA) is 58.6 Å². The zero-order chi connectivity index (χ0) is 22.2. The lowest BCUT2D eigenvalue weighted by molar-refractivity contribution is -0.134. The maximum atomic E-state index is 13.1. The first kappa shape index (κ1) is 22.9. The van der Waals surface area contributed by atoms with Crippen molar-refractivity contribution in [2.75, 3.05) is 19.7 Å². The number of hydrogen-bond donors (Lipinski definition) is 1. The van der Waals surface area contributed by atoms with E-state index in [4.69, 9.17) is 4.74 Å². The number of amides is 2. The molecule has 5 heteroatoms. The highest BCUT2D eigenvalue weighted by atomic mass is 16.5. The SMILES string of the molecule is CCC(C(=O)N1CCC(NC(=O)c2cccc(OCC(C)C)c2)CC1)c1ccccc1. The van der Waals surface area contributed by atoms with E-state index in [1.807, 2.05) is 53.4 Å². The molecule has 3 rings (SSSR count). The zero-order valence-corrected chi connectivity index (χ0v) is 18.8. The minimum absolute atomic E-state index is 0.0774. The van der Waals surface area contributed by atoms with Gasteiger partial charge in [0.2, 0.25) is 5.91 Å². The molecule has 166 valence electrons. The standard InChI is InChI=1S/C26H34N2O3/c1-4-24(20-9-6-5-7-10-20)26(30)28-15-13-22(14-16-28)27-25(29)21-11-8-12-23(17-21)31-18-19(2)3/h5-12,17,19,22,24H,4,13-16,18H2,1-3H3,(H,27,29). The van der Waals surface area contributed by atoms with E-state index in [1.165, 1.54) is 0 Å². The normalized spacial score (nSPS) is 15.5. The van der Waals surface area contributed by atoms with Crippen LogP contribution in [0.4, 0.5) is 0 Å². The van der Waals surface area contributed by atoms with Crippen LogP contribution in [-0.4, -0.2) is 42.5 Å². The zero-order valence-electron chi connectivity index (χ0n) is 18.8. The van der Waals surface area contributed by atoms with Gasteiger partial charge in [-0.25, -0.2) is 0 Å². The van der Waals surface area contributed by atoms with Gasteiger partial charge in [-0.1, -0.05) is 57.2 Å². The van der Waals surface area contributed by atoms with Crippen molar-refractivity contribution in [2.45, 2.75) is 52.0 Å². The lowest BCUT2D eigenvalue weighted by Crippen LogP contribution is -2.47. The summed E-state index contributed by atoms with van der Waals surface area (Å²) in [5, 5.41) is 3.13. The third-order valence-electron chi connectivity index (χ3n) is 5.73. The monoisotopic (exact) mass is 422 g/mol. The number of carbonyl (C=O) groups excluding carboxylic acids is 2. The van der Waals surface area contributed by atoms with Crippen molar-refractivity contribution in [1.29, 1.82) is 0 Å². The summed E-state index contributed by atoms with van der Waals surface area (Å²) < 4.78 is 5.73. The van der Waals surface area contributed by atoms with Crippen LogP contribution in [-0.2, 0) is 4.79 Å². The lowest BCUT2D eigenvalue weighted by atomic mass is 9.93. The first-order valence-electron chi connectivity index (χ1n) is 11.3. The summed E-state index contributed by atoms with van der Waals surface area (Å²) in [6, 6.07) is 17.4. The van der Waals surface area contributed by atoms with Crippen LogP contribution in [0.2, 0.25) is 0 Å². The van der Waals surface area contributed by atoms with Gasteiger partial charge >= 0.3 is 0 Å². The molecule has 0 spiro atoms. The Morgan fingerprint density at radius 1 is 1.06 bits per heavy atom. The minimum atomic E-state index is -0.0964. The average Bonchev–Trinajstić information content (AvgIpc) is 2.79. The van der Waals surface area contributed by atoms with E-state index in [0.29, 0.717) is 36.9 Å². The molecule has 1 saturated heterocycles. The Morgan fingerprint density at radius 2 is 1.77 bits per heavy atom. The molecule has 5 nitrogen and oxygen atoms in total. The lowest BCUT2D eigenvalue weighted by Gasteiger charge is -2.34. The van der Waals surface area contributed by atoms with Crippen molar-refractivity contribution in [1.82, 2.24) is 10.2 Å². The van der Waals surface area contributed by atoms with Crippen molar-refractivity contribution in [3.05, 3.63) is 65.7 Å². The first-order valence-corrected chi connectivity index (χ1v) is 11.3. The number of nitrogens with one attached hydrogen (secondary N) is 1. The maximum absolute atomic E-state index is 13.1. The molecule has 1 atom stereocenters. The van der Waals surface area contributed by atoms with Crippen LogP contribution in [0.15, 0.2) is 54.6 Å². The van der Waals surface area contributed by atoms with E-state index in [0.717, 1.165) is 24.8 Å². The molecule has 1 fully saturated rings. The van der Waals surface area contributed by atoms with Gasteiger partial charge in [0.25, 0.3) is 5.91 Å². The molecule has 2 amide bonds. The van der Waals surface area contributed by atoms with Crippen LogP contribution in [0.25, 0.3) is 0 Å². The molecule has 0 aliphatic carbocycles. The number of likely N-dealkylation sites (tertiary alicyclic amines) is 1. The Morgan fingerprint density at radius 3 is 2.42 bits per heavy atom. The number of piperidine rings is 1. The second-order valence-corrected chi connectivity index (χ2v) is 8.68. The molecule has 1 unspecified atom stereocenters. The molecule has 0 bridgehead atoms. The van der Waals surface area contributed by atoms with E-state index in [-0.39, 0.29) is 23.8 Å². The van der Waals surface area contributed by atoms with Crippen molar-refractivity contribution >= 4 is 11.8 Å². The molecular weight excluding hydrogens is 388 g/mol. The molecule has 1 N–H and O–H groups in total. The quantitative estimate of drug-likeness (QED) is 0.674. The fourth-order valence-electron chi connectivity index (χ4n) is 3.96. The van der Waals surface area contributed by atoms with E-state index in [1.54, 1.807) is 6.07 Å². The smallest absolute Gasteiger partial charge is 0.251 e. The molecule has 0 aromatic heterocycles. The van der Waals surface area contributed by atoms with Gasteiger partial charge in [-0.2, -0.15) is 0 Å². The number of ether oxygens (including phenoxy) is 1. The summed E-state index contributed by atoms with van der Waals surface area (Å²) in [4.78, 5) is 27.7. The summed E-state index contributed by atoms with van der Waals surface area (Å²) in [7, 11) is 0. The van der Waals surface area contributed by atoms with Crippen LogP contribution in [0.5, 0.6) is 5.75 Å². The Balaban J connectivity index is 1.52. The predicted octanol–water partition coefficient (Wildman–Crippen LogP) is 4.64. The average molecular weight is 423 g/mol. The van der Waals surface area contributed by atoms with E-state index < -0.39 is 0 Å². The van der Waals surface area contributed by atoms with Crippen LogP contribution in [0, 0.1) is 5.92 Å². The Kier molecular flexibility index (Phi) is 8.10. The molecule has 1 heterocycles. The van der Waals surface area contributed by atoms with Crippen LogP contribution >= 0.6 is 0 Å². The van der Waals surface area contributed by atoms with Crippen LogP contribution < -0.4 is 10.1 Å². The number of hydrogen-bond acceptors (Lipinski definition) is 3. The molecule has 0 saturated carbocycles. The van der Waals surface area contributed by atoms with Gasteiger partial charge in [0.1, 0.15) is 5.75 Å². The van der Waals surface area contributed by atoms with E-state index in [2.05, 4.69) is 26.1 Å². The summed E-state index contributed by atoms with van der Waals surface area (Å²) in [6.07, 6.45) is 2.33. The summed E-state index contributed by atoms with van der Waals surface area (Å²) >= 11 is 0. The summed E-state index contributed by atoms with van der Waals surface area (Å²) in [5.74, 6) is 1.15. The largest absolute Gasteiger partial charge is 0.493 e. The molecule has 2 aromatic rings. The van der Waals surface area contributed by atoms with Gasteiger partial charge in [0, 0.05) is 24.7 Å². The second-order valence-electron chi connectivity index (χ2n) is 8.68. The van der Waals surface area contributed by atoms with Gasteiger partial charge < -0.3 is 15.0 Å². The first-order chi connectivity index (χ1) is 15.0. The van der Waals surface area contributed by atoms with Gasteiger partial charge in [0.15, 0.2) is 0 Å². The molecule has 0 radical (unpaired) electrons. The van der Waals surface area contributed by atoms with Crippen molar-refractivity contribution in [2.24, 2.45) is 5.92 Å². The second kappa shape index (κ2) is 11.0. The highest BCUT2D eigenvalue weighted by Gasteiger charge is 2.29. The fraction of sp³-hybridized carbons (Fsp3) is 0.462. The highest BCUT2D eigenvalue weighted by molar-refractivity contribution is 5.94. The molecule has 2 aromatic carbocycles. The Hall–Kier alpha value is -2.82. The molecule has 1 aliphatic heterocycles. The minimum Gasteiger partial charge on any atom is -0.493 e. The van der Waals surface area contributed by atoms with Gasteiger partial charge in [-0.15, -0.1) is 0 Å². The molecular formula is C26H34N2O3. The summed E-state index contributed by atoms with van der Waals surface area (Å²) in [5.41, 5.74) is 1.68. The highest BCUT2D eigenvalue weighted by Crippen LogP contribution is 2.24. The van der Waals surface area contributed by atoms with Crippen molar-refractivity contribution < 1.29 is 14.3 Å². The Labute approximate surface area is 185 Å². The number of benzene rings is 2. The predicted molar refractivity (Wildman–Crippen MR) is 123 cm³/mol. The van der Waals surface area contributed by atoms with Gasteiger partial charge in [-0.3, -0.25) is 9.59 Å². The van der Waals surface area contributed by atoms with Crippen molar-refractivity contribution in [3.63, 3.8) is 0 Å². The number of carbonyl (C=O) groups is 2. The molecule has 1 aliphatic rings. The Bertz CT molecular complexity index is 858. The van der Waals surface area contributed by atoms with Gasteiger partial charge in [0.05, 0.1) is 12.5 Å². The third-order valence-corrected chi connectivity index (χ3v) is 5.73. The van der Waals surface area contributed by atoms with Crippen LogP contribution in [0.3, 0.4) is 0 Å². The van der Waals surface area contributed by atoms with Crippen molar-refractivity contribution in [3.8, 4) is 5.75 Å². The number of rotatable bonds is 8. The fourth-order valence-corrected chi connectivity index (χ4v) is 3.96. The number of nitrogens with zero attached hydrogens (tertiary/aromatic N) is 1. The van der Waals surface area contributed by atoms with E-state index >= 15 is 0 Å². The molecule has 31 heavy (non-hydrogen) atoms. The van der Waals surface area contributed by atoms with Gasteiger partial charge in [-0.05, 0) is 48.9 Å². The van der Waals surface area contributed by atoms with E-state index in [9.17, 15) is 9.59 Å². The summed E-state index contributed by atoms with van der Waals surface area (Å²) in [6.45, 7) is 8.21. The van der Waals surface area contributed by atoms with Crippen LogP contribution in [0.1, 0.15) is 61.9 Å².